The number of likely N-dealkylation sites (N-methyl/N-ethyl adjacent to an activating group) is 1. The largest absolute Gasteiger partial charge is 0.376 e. The van der Waals surface area contributed by atoms with E-state index in [9.17, 15) is 0 Å². The van der Waals surface area contributed by atoms with Crippen LogP contribution in [0.1, 0.15) is 31.4 Å². The van der Waals surface area contributed by atoms with Gasteiger partial charge in [0.1, 0.15) is 0 Å². The van der Waals surface area contributed by atoms with Gasteiger partial charge < -0.3 is 10.1 Å². The van der Waals surface area contributed by atoms with Gasteiger partial charge in [-0.1, -0.05) is 25.1 Å². The zero-order chi connectivity index (χ0) is 13.1. The van der Waals surface area contributed by atoms with Crippen LogP contribution in [0.15, 0.2) is 36.5 Å². The minimum absolute atomic E-state index is 0.264. The molecule has 1 N–H and O–H groups in total. The first-order valence-corrected chi connectivity index (χ1v) is 7.09. The van der Waals surface area contributed by atoms with Crippen LogP contribution in [0.3, 0.4) is 0 Å². The summed E-state index contributed by atoms with van der Waals surface area (Å²) in [5, 5.41) is 4.81. The Hall–Kier alpha value is -1.45. The Bertz CT molecular complexity index is 544. The number of ether oxygens (including phenoxy) is 1. The normalized spacial score (nSPS) is 20.8. The van der Waals surface area contributed by atoms with Crippen LogP contribution in [0.2, 0.25) is 0 Å². The highest BCUT2D eigenvalue weighted by molar-refractivity contribution is 5.82. The fraction of sp³-hybridized carbons (Fsp3) is 0.438. The summed E-state index contributed by atoms with van der Waals surface area (Å²) in [6.45, 7) is 3.97. The van der Waals surface area contributed by atoms with E-state index < -0.39 is 0 Å². The molecule has 1 fully saturated rings. The molecule has 1 aliphatic rings. The molecule has 100 valence electrons. The van der Waals surface area contributed by atoms with Crippen LogP contribution in [-0.4, -0.2) is 24.2 Å². The lowest BCUT2D eigenvalue weighted by Crippen LogP contribution is -2.31. The fourth-order valence-corrected chi connectivity index (χ4v) is 2.93. The van der Waals surface area contributed by atoms with E-state index in [0.717, 1.165) is 31.5 Å². The number of hydrogen-bond acceptors (Lipinski definition) is 3. The monoisotopic (exact) mass is 256 g/mol. The van der Waals surface area contributed by atoms with Gasteiger partial charge in [0, 0.05) is 18.2 Å². The van der Waals surface area contributed by atoms with Crippen molar-refractivity contribution in [3.05, 3.63) is 42.1 Å². The summed E-state index contributed by atoms with van der Waals surface area (Å²) in [5.74, 6) is 0. The van der Waals surface area contributed by atoms with Gasteiger partial charge in [0.25, 0.3) is 0 Å². The average molecular weight is 256 g/mol. The number of nitrogens with one attached hydrogen (secondary N) is 1. The summed E-state index contributed by atoms with van der Waals surface area (Å²) in [5.41, 5.74) is 2.36. The highest BCUT2D eigenvalue weighted by Gasteiger charge is 2.27. The second-order valence-electron chi connectivity index (χ2n) is 5.00. The maximum Gasteiger partial charge on any atom is 0.0770 e. The SMILES string of the molecule is CCNC(c1cccc2ncccc12)C1CCCO1. The van der Waals surface area contributed by atoms with Gasteiger partial charge in [0.2, 0.25) is 0 Å². The molecule has 1 aromatic heterocycles. The van der Waals surface area contributed by atoms with Gasteiger partial charge in [-0.25, -0.2) is 0 Å². The van der Waals surface area contributed by atoms with Crippen molar-refractivity contribution >= 4 is 10.9 Å². The van der Waals surface area contributed by atoms with E-state index in [1.807, 2.05) is 12.3 Å². The molecule has 2 aromatic rings. The first-order chi connectivity index (χ1) is 9.40. The number of benzene rings is 1. The first kappa shape index (κ1) is 12.6. The first-order valence-electron chi connectivity index (χ1n) is 7.09. The smallest absolute Gasteiger partial charge is 0.0770 e. The maximum atomic E-state index is 5.89. The lowest BCUT2D eigenvalue weighted by molar-refractivity contribution is 0.0792. The molecule has 0 aliphatic carbocycles. The summed E-state index contributed by atoms with van der Waals surface area (Å²) in [6, 6.07) is 10.8. The van der Waals surface area contributed by atoms with E-state index >= 15 is 0 Å². The predicted octanol–water partition coefficient (Wildman–Crippen LogP) is 3.06. The summed E-state index contributed by atoms with van der Waals surface area (Å²) in [7, 11) is 0. The molecule has 1 aliphatic heterocycles. The minimum atomic E-state index is 0.264. The number of aromatic nitrogens is 1. The van der Waals surface area contributed by atoms with Crippen LogP contribution in [-0.2, 0) is 4.74 Å². The molecule has 0 saturated carbocycles. The lowest BCUT2D eigenvalue weighted by atomic mass is 9.95. The van der Waals surface area contributed by atoms with Crippen molar-refractivity contribution in [3.63, 3.8) is 0 Å². The molecule has 3 nitrogen and oxygen atoms in total. The summed E-state index contributed by atoms with van der Waals surface area (Å²) >= 11 is 0. The third kappa shape index (κ3) is 2.48. The van der Waals surface area contributed by atoms with Crippen molar-refractivity contribution < 1.29 is 4.74 Å². The van der Waals surface area contributed by atoms with Crippen molar-refractivity contribution in [2.24, 2.45) is 0 Å². The van der Waals surface area contributed by atoms with Crippen LogP contribution in [0.25, 0.3) is 10.9 Å². The Kier molecular flexibility index (Phi) is 3.76. The molecule has 1 saturated heterocycles. The van der Waals surface area contributed by atoms with Crippen LogP contribution in [0, 0.1) is 0 Å². The number of rotatable bonds is 4. The molecule has 2 atom stereocenters. The van der Waals surface area contributed by atoms with Crippen molar-refractivity contribution in [2.75, 3.05) is 13.2 Å². The Balaban J connectivity index is 2.03. The molecule has 3 rings (SSSR count). The van der Waals surface area contributed by atoms with Crippen LogP contribution >= 0.6 is 0 Å². The quantitative estimate of drug-likeness (QED) is 0.913. The van der Waals surface area contributed by atoms with Gasteiger partial charge >= 0.3 is 0 Å². The molecule has 0 spiro atoms. The maximum absolute atomic E-state index is 5.89. The molecule has 3 heteroatoms. The minimum Gasteiger partial charge on any atom is -0.376 e. The van der Waals surface area contributed by atoms with E-state index in [2.05, 4.69) is 41.5 Å². The molecule has 1 aromatic carbocycles. The van der Waals surface area contributed by atoms with Crippen LogP contribution in [0.4, 0.5) is 0 Å². The second-order valence-corrected chi connectivity index (χ2v) is 5.00. The van der Waals surface area contributed by atoms with Crippen molar-refractivity contribution in [1.29, 1.82) is 0 Å². The Morgan fingerprint density at radius 2 is 2.32 bits per heavy atom. The molecular formula is C16H20N2O. The molecule has 19 heavy (non-hydrogen) atoms. The predicted molar refractivity (Wildman–Crippen MR) is 77.1 cm³/mol. The van der Waals surface area contributed by atoms with Crippen LogP contribution in [0.5, 0.6) is 0 Å². The summed E-state index contributed by atoms with van der Waals surface area (Å²) in [4.78, 5) is 4.44. The van der Waals surface area contributed by atoms with Gasteiger partial charge in [-0.05, 0) is 37.1 Å². The van der Waals surface area contributed by atoms with Gasteiger partial charge in [0.15, 0.2) is 0 Å². The zero-order valence-corrected chi connectivity index (χ0v) is 11.3. The highest BCUT2D eigenvalue weighted by Crippen LogP contribution is 2.30. The van der Waals surface area contributed by atoms with E-state index in [-0.39, 0.29) is 12.1 Å². The molecule has 0 bridgehead atoms. The van der Waals surface area contributed by atoms with Gasteiger partial charge in [-0.3, -0.25) is 4.98 Å². The molecule has 0 radical (unpaired) electrons. The average Bonchev–Trinajstić information content (AvgIpc) is 2.98. The highest BCUT2D eigenvalue weighted by atomic mass is 16.5. The summed E-state index contributed by atoms with van der Waals surface area (Å²) < 4.78 is 5.89. The van der Waals surface area contributed by atoms with E-state index in [1.54, 1.807) is 0 Å². The number of nitrogens with zero attached hydrogens (tertiary/aromatic N) is 1. The Morgan fingerprint density at radius 3 is 3.11 bits per heavy atom. The number of pyridine rings is 1. The third-order valence-corrected chi connectivity index (χ3v) is 3.78. The second kappa shape index (κ2) is 5.68. The van der Waals surface area contributed by atoms with Gasteiger partial charge in [-0.2, -0.15) is 0 Å². The Morgan fingerprint density at radius 1 is 1.37 bits per heavy atom. The lowest BCUT2D eigenvalue weighted by Gasteiger charge is -2.25. The molecule has 2 unspecified atom stereocenters. The van der Waals surface area contributed by atoms with Gasteiger partial charge in [0.05, 0.1) is 17.7 Å². The fourth-order valence-electron chi connectivity index (χ4n) is 2.93. The van der Waals surface area contributed by atoms with Crippen LogP contribution < -0.4 is 5.32 Å². The Labute approximate surface area is 114 Å². The molecular weight excluding hydrogens is 236 g/mol. The third-order valence-electron chi connectivity index (χ3n) is 3.78. The molecule has 2 heterocycles. The topological polar surface area (TPSA) is 34.2 Å². The van der Waals surface area contributed by atoms with E-state index in [0.29, 0.717) is 0 Å². The zero-order valence-electron chi connectivity index (χ0n) is 11.3. The van der Waals surface area contributed by atoms with Gasteiger partial charge in [-0.15, -0.1) is 0 Å². The molecule has 0 amide bonds. The van der Waals surface area contributed by atoms with E-state index in [1.165, 1.54) is 10.9 Å². The van der Waals surface area contributed by atoms with Crippen molar-refractivity contribution in [1.82, 2.24) is 10.3 Å². The summed E-state index contributed by atoms with van der Waals surface area (Å²) in [6.07, 6.45) is 4.43. The van der Waals surface area contributed by atoms with Crippen molar-refractivity contribution in [2.45, 2.75) is 31.9 Å². The number of fused-ring (bicyclic) bond motifs is 1. The number of hydrogen-bond donors (Lipinski definition) is 1. The van der Waals surface area contributed by atoms with Crippen molar-refractivity contribution in [3.8, 4) is 0 Å². The van der Waals surface area contributed by atoms with E-state index in [4.69, 9.17) is 4.74 Å². The standard InChI is InChI=1S/C16H20N2O/c1-2-17-16(15-9-5-11-19-15)13-6-3-8-14-12(13)7-4-10-18-14/h3-4,6-8,10,15-17H,2,5,9,11H2,1H3.